The van der Waals surface area contributed by atoms with Crippen molar-refractivity contribution in [3.8, 4) is 0 Å². The second-order valence-electron chi connectivity index (χ2n) is 2.65. The zero-order valence-corrected chi connectivity index (χ0v) is 9.11. The van der Waals surface area contributed by atoms with Crippen LogP contribution in [0.15, 0.2) is 38.9 Å². The molecule has 1 aromatic carbocycles. The van der Waals surface area contributed by atoms with Gasteiger partial charge in [0.1, 0.15) is 0 Å². The van der Waals surface area contributed by atoms with Crippen LogP contribution in [-0.2, 0) is 6.42 Å². The number of nitrogens with two attached hydrogens (primary N) is 2. The molecule has 0 aliphatic rings. The molecule has 14 heavy (non-hydrogen) atoms. The molecule has 4 nitrogen and oxygen atoms in total. The second kappa shape index (κ2) is 5.39. The Morgan fingerprint density at radius 2 is 1.93 bits per heavy atom. The van der Waals surface area contributed by atoms with Crippen LogP contribution in [0, 0.1) is 0 Å². The third-order valence-corrected chi connectivity index (χ3v) is 2.02. The van der Waals surface area contributed by atoms with Crippen molar-refractivity contribution in [2.75, 3.05) is 0 Å². The zero-order chi connectivity index (χ0) is 10.4. The molecule has 0 spiro atoms. The van der Waals surface area contributed by atoms with Gasteiger partial charge in [-0.2, -0.15) is 5.10 Å². The Morgan fingerprint density at radius 1 is 1.29 bits per heavy atom. The van der Waals surface area contributed by atoms with Crippen LogP contribution in [0.5, 0.6) is 0 Å². The number of hydrogen-bond donors (Lipinski definition) is 2. The SMILES string of the molecule is NC(N)=NN=CCc1ccc(Br)cc1. The molecule has 0 bridgehead atoms. The molecule has 0 fully saturated rings. The number of benzene rings is 1. The van der Waals surface area contributed by atoms with Crippen molar-refractivity contribution >= 4 is 28.1 Å². The summed E-state index contributed by atoms with van der Waals surface area (Å²) in [5.74, 6) is -0.0305. The average molecular weight is 255 g/mol. The maximum atomic E-state index is 5.10. The number of halogens is 1. The van der Waals surface area contributed by atoms with Gasteiger partial charge in [-0.3, -0.25) is 0 Å². The fourth-order valence-electron chi connectivity index (χ4n) is 0.874. The monoisotopic (exact) mass is 254 g/mol. The molecule has 5 heteroatoms. The van der Waals surface area contributed by atoms with Gasteiger partial charge in [0.15, 0.2) is 0 Å². The van der Waals surface area contributed by atoms with Crippen molar-refractivity contribution in [1.29, 1.82) is 0 Å². The van der Waals surface area contributed by atoms with Gasteiger partial charge < -0.3 is 11.5 Å². The third kappa shape index (κ3) is 4.04. The summed E-state index contributed by atoms with van der Waals surface area (Å²) in [6.45, 7) is 0. The number of nitrogens with zero attached hydrogens (tertiary/aromatic N) is 2. The normalized spacial score (nSPS) is 10.4. The molecule has 74 valence electrons. The smallest absolute Gasteiger partial charge is 0.211 e. The minimum Gasteiger partial charge on any atom is -0.369 e. The molecule has 1 aromatic rings. The summed E-state index contributed by atoms with van der Waals surface area (Å²) in [5.41, 5.74) is 11.4. The molecular formula is C9H11BrN4. The topological polar surface area (TPSA) is 76.8 Å². The van der Waals surface area contributed by atoms with Gasteiger partial charge in [-0.25, -0.2) is 0 Å². The van der Waals surface area contributed by atoms with Gasteiger partial charge in [-0.1, -0.05) is 28.1 Å². The van der Waals surface area contributed by atoms with Gasteiger partial charge in [-0.15, -0.1) is 5.10 Å². The summed E-state index contributed by atoms with van der Waals surface area (Å²) in [6, 6.07) is 7.96. The highest BCUT2D eigenvalue weighted by molar-refractivity contribution is 9.10. The number of rotatable bonds is 3. The molecule has 0 amide bonds. The van der Waals surface area contributed by atoms with Crippen molar-refractivity contribution in [3.63, 3.8) is 0 Å². The van der Waals surface area contributed by atoms with E-state index >= 15 is 0 Å². The molecule has 0 saturated carbocycles. The minimum absolute atomic E-state index is 0.0305. The molecule has 0 aliphatic carbocycles. The molecule has 0 heterocycles. The van der Waals surface area contributed by atoms with Gasteiger partial charge >= 0.3 is 0 Å². The molecule has 0 saturated heterocycles. The van der Waals surface area contributed by atoms with E-state index in [1.165, 1.54) is 0 Å². The zero-order valence-electron chi connectivity index (χ0n) is 7.52. The Hall–Kier alpha value is -1.36. The van der Waals surface area contributed by atoms with Crippen LogP contribution in [-0.4, -0.2) is 12.2 Å². The highest BCUT2D eigenvalue weighted by Crippen LogP contribution is 2.10. The van der Waals surface area contributed by atoms with Crippen LogP contribution in [0.2, 0.25) is 0 Å². The van der Waals surface area contributed by atoms with E-state index in [4.69, 9.17) is 11.5 Å². The van der Waals surface area contributed by atoms with E-state index in [9.17, 15) is 0 Å². The Balaban J connectivity index is 2.50. The molecule has 0 aromatic heterocycles. The Morgan fingerprint density at radius 3 is 2.50 bits per heavy atom. The quantitative estimate of drug-likeness (QED) is 0.484. The van der Waals surface area contributed by atoms with Crippen LogP contribution in [0.4, 0.5) is 0 Å². The average Bonchev–Trinajstić information content (AvgIpc) is 2.15. The van der Waals surface area contributed by atoms with Gasteiger partial charge in [0.2, 0.25) is 5.96 Å². The van der Waals surface area contributed by atoms with E-state index in [1.807, 2.05) is 24.3 Å². The molecule has 0 unspecified atom stereocenters. The summed E-state index contributed by atoms with van der Waals surface area (Å²) in [7, 11) is 0. The van der Waals surface area contributed by atoms with Gasteiger partial charge in [0.05, 0.1) is 0 Å². The maximum Gasteiger partial charge on any atom is 0.211 e. The van der Waals surface area contributed by atoms with E-state index in [0.717, 1.165) is 10.0 Å². The standard InChI is InChI=1S/C9H11BrN4/c10-8-3-1-7(2-4-8)5-6-13-14-9(11)12/h1-4,6H,5H2,(H4,11,12,14). The Labute approximate surface area is 90.8 Å². The molecule has 0 aliphatic heterocycles. The molecule has 0 atom stereocenters. The van der Waals surface area contributed by atoms with Crippen LogP contribution in [0.3, 0.4) is 0 Å². The number of hydrogen-bond acceptors (Lipinski definition) is 2. The van der Waals surface area contributed by atoms with Crippen molar-refractivity contribution in [2.24, 2.45) is 21.7 Å². The lowest BCUT2D eigenvalue weighted by Gasteiger charge is -1.94. The van der Waals surface area contributed by atoms with Crippen LogP contribution < -0.4 is 11.5 Å². The Kier molecular flexibility index (Phi) is 4.12. The first kappa shape index (κ1) is 10.7. The van der Waals surface area contributed by atoms with E-state index in [2.05, 4.69) is 26.1 Å². The van der Waals surface area contributed by atoms with Gasteiger partial charge in [0.25, 0.3) is 0 Å². The van der Waals surface area contributed by atoms with Crippen molar-refractivity contribution in [2.45, 2.75) is 6.42 Å². The summed E-state index contributed by atoms with van der Waals surface area (Å²) in [4.78, 5) is 0. The highest BCUT2D eigenvalue weighted by Gasteiger charge is 1.89. The number of guanidine groups is 1. The largest absolute Gasteiger partial charge is 0.369 e. The summed E-state index contributed by atoms with van der Waals surface area (Å²) >= 11 is 3.36. The lowest BCUT2D eigenvalue weighted by molar-refractivity contribution is 1.19. The van der Waals surface area contributed by atoms with Crippen LogP contribution in [0.1, 0.15) is 5.56 Å². The van der Waals surface area contributed by atoms with Crippen molar-refractivity contribution < 1.29 is 0 Å². The predicted octanol–water partition coefficient (Wildman–Crippen LogP) is 1.25. The Bertz CT molecular complexity index is 338. The molecular weight excluding hydrogens is 244 g/mol. The predicted molar refractivity (Wildman–Crippen MR) is 62.1 cm³/mol. The molecule has 0 radical (unpaired) electrons. The fourth-order valence-corrected chi connectivity index (χ4v) is 1.14. The summed E-state index contributed by atoms with van der Waals surface area (Å²) in [6.07, 6.45) is 2.37. The van der Waals surface area contributed by atoms with E-state index < -0.39 is 0 Å². The molecule has 1 rings (SSSR count). The second-order valence-corrected chi connectivity index (χ2v) is 3.57. The van der Waals surface area contributed by atoms with Gasteiger partial charge in [-0.05, 0) is 17.7 Å². The van der Waals surface area contributed by atoms with Crippen molar-refractivity contribution in [1.82, 2.24) is 0 Å². The first-order valence-electron chi connectivity index (χ1n) is 4.03. The first-order valence-corrected chi connectivity index (χ1v) is 4.82. The first-order chi connectivity index (χ1) is 6.68. The lowest BCUT2D eigenvalue weighted by atomic mass is 10.2. The lowest BCUT2D eigenvalue weighted by Crippen LogP contribution is -2.21. The van der Waals surface area contributed by atoms with Crippen LogP contribution >= 0.6 is 15.9 Å². The minimum atomic E-state index is -0.0305. The van der Waals surface area contributed by atoms with E-state index in [-0.39, 0.29) is 5.96 Å². The highest BCUT2D eigenvalue weighted by atomic mass is 79.9. The third-order valence-electron chi connectivity index (χ3n) is 1.50. The fraction of sp³-hybridized carbons (Fsp3) is 0.111. The summed E-state index contributed by atoms with van der Waals surface area (Å²) < 4.78 is 1.06. The molecule has 4 N–H and O–H groups in total. The van der Waals surface area contributed by atoms with Gasteiger partial charge in [0, 0.05) is 17.1 Å². The van der Waals surface area contributed by atoms with Crippen molar-refractivity contribution in [3.05, 3.63) is 34.3 Å². The summed E-state index contributed by atoms with van der Waals surface area (Å²) in [5, 5.41) is 7.18. The maximum absolute atomic E-state index is 5.10. The van der Waals surface area contributed by atoms with Crippen LogP contribution in [0.25, 0.3) is 0 Å². The van der Waals surface area contributed by atoms with E-state index in [1.54, 1.807) is 6.21 Å². The van der Waals surface area contributed by atoms with E-state index in [0.29, 0.717) is 6.42 Å².